The van der Waals surface area contributed by atoms with Crippen molar-refractivity contribution in [3.05, 3.63) is 34.2 Å². The second-order valence-electron chi connectivity index (χ2n) is 5.15. The first-order valence-electron chi connectivity index (χ1n) is 7.39. The molecule has 3 nitrogen and oxygen atoms in total. The van der Waals surface area contributed by atoms with E-state index in [1.54, 1.807) is 0 Å². The molecule has 21 heavy (non-hydrogen) atoms. The molecule has 1 heterocycles. The molecule has 1 unspecified atom stereocenters. The fraction of sp³-hybridized carbons (Fsp3) is 0.667. The molecule has 0 aliphatic carbocycles. The Morgan fingerprint density at radius 2 is 2.00 bits per heavy atom. The first-order valence-corrected chi connectivity index (χ1v) is 7.39. The van der Waals surface area contributed by atoms with Crippen molar-refractivity contribution in [2.75, 3.05) is 6.54 Å². The van der Waals surface area contributed by atoms with Crippen molar-refractivity contribution in [3.63, 3.8) is 0 Å². The number of hydrogen-bond acceptors (Lipinski definition) is 2. The normalized spacial score (nSPS) is 13.4. The van der Waals surface area contributed by atoms with Crippen molar-refractivity contribution < 1.29 is 13.2 Å². The summed E-state index contributed by atoms with van der Waals surface area (Å²) in [7, 11) is 0. The highest BCUT2D eigenvalue weighted by Gasteiger charge is 2.30. The average molecular weight is 304 g/mol. The van der Waals surface area contributed by atoms with Gasteiger partial charge in [0.25, 0.3) is 5.56 Å². The van der Waals surface area contributed by atoms with Gasteiger partial charge in [-0.3, -0.25) is 4.79 Å². The zero-order chi connectivity index (χ0) is 15.9. The van der Waals surface area contributed by atoms with E-state index in [2.05, 4.69) is 19.2 Å². The summed E-state index contributed by atoms with van der Waals surface area (Å²) in [6.45, 7) is 5.40. The molecule has 6 heteroatoms. The number of hydrogen-bond donors (Lipinski definition) is 1. The average Bonchev–Trinajstić information content (AvgIpc) is 2.43. The molecule has 0 amide bonds. The van der Waals surface area contributed by atoms with Crippen molar-refractivity contribution in [1.82, 2.24) is 9.88 Å². The summed E-state index contributed by atoms with van der Waals surface area (Å²) in [5.41, 5.74) is -1.17. The Bertz CT molecular complexity index is 483. The predicted molar refractivity (Wildman–Crippen MR) is 77.3 cm³/mol. The third kappa shape index (κ3) is 5.91. The molecule has 1 aromatic rings. The van der Waals surface area contributed by atoms with Crippen LogP contribution in [0.15, 0.2) is 23.1 Å². The van der Waals surface area contributed by atoms with E-state index in [0.717, 1.165) is 48.7 Å². The Morgan fingerprint density at radius 3 is 2.57 bits per heavy atom. The van der Waals surface area contributed by atoms with Crippen molar-refractivity contribution in [2.24, 2.45) is 0 Å². The third-order valence-corrected chi connectivity index (χ3v) is 3.44. The minimum absolute atomic E-state index is 0.313. The molecule has 0 saturated heterocycles. The van der Waals surface area contributed by atoms with Gasteiger partial charge in [-0.2, -0.15) is 13.2 Å². The molecule has 1 rings (SSSR count). The van der Waals surface area contributed by atoms with Gasteiger partial charge in [0.05, 0.1) is 5.56 Å². The lowest BCUT2D eigenvalue weighted by Crippen LogP contribution is -2.30. The van der Waals surface area contributed by atoms with Gasteiger partial charge in [0.15, 0.2) is 0 Å². The van der Waals surface area contributed by atoms with Crippen LogP contribution < -0.4 is 10.9 Å². The fourth-order valence-electron chi connectivity index (χ4n) is 2.18. The van der Waals surface area contributed by atoms with Crippen molar-refractivity contribution in [2.45, 2.75) is 58.3 Å². The Kier molecular flexibility index (Phi) is 6.95. The van der Waals surface area contributed by atoms with Crippen LogP contribution in [0.5, 0.6) is 0 Å². The van der Waals surface area contributed by atoms with Crippen molar-refractivity contribution in [3.8, 4) is 0 Å². The van der Waals surface area contributed by atoms with Gasteiger partial charge >= 0.3 is 6.18 Å². The van der Waals surface area contributed by atoms with Crippen molar-refractivity contribution in [1.29, 1.82) is 0 Å². The Labute approximate surface area is 123 Å². The Morgan fingerprint density at radius 1 is 1.29 bits per heavy atom. The summed E-state index contributed by atoms with van der Waals surface area (Å²) in [6, 6.07) is 2.16. The number of aryl methyl sites for hydroxylation is 1. The molecule has 0 radical (unpaired) electrons. The number of nitrogens with zero attached hydrogens (tertiary/aromatic N) is 1. The highest BCUT2D eigenvalue weighted by Crippen LogP contribution is 2.28. The quantitative estimate of drug-likeness (QED) is 0.798. The third-order valence-electron chi connectivity index (χ3n) is 3.44. The van der Waals surface area contributed by atoms with E-state index < -0.39 is 17.3 Å². The Balaban J connectivity index is 2.60. The highest BCUT2D eigenvalue weighted by molar-refractivity contribution is 5.13. The monoisotopic (exact) mass is 304 g/mol. The summed E-state index contributed by atoms with van der Waals surface area (Å²) in [4.78, 5) is 11.6. The lowest BCUT2D eigenvalue weighted by atomic mass is 10.1. The van der Waals surface area contributed by atoms with Gasteiger partial charge < -0.3 is 9.88 Å². The van der Waals surface area contributed by atoms with Gasteiger partial charge in [0.2, 0.25) is 0 Å². The maximum Gasteiger partial charge on any atom is 0.417 e. The molecule has 0 aliphatic rings. The van der Waals surface area contributed by atoms with Gasteiger partial charge in [0.1, 0.15) is 0 Å². The maximum absolute atomic E-state index is 12.6. The standard InChI is InChI=1S/C15H23F3N2O/c1-3-9-19-13(4-2)6-5-10-20-11-12(15(16,17)18)7-8-14(20)21/h7-8,11,13,19H,3-6,9-10H2,1-2H3. The summed E-state index contributed by atoms with van der Waals surface area (Å²) < 4.78 is 39.0. The molecular formula is C15H23F3N2O. The molecule has 1 N–H and O–H groups in total. The molecule has 0 saturated carbocycles. The predicted octanol–water partition coefficient (Wildman–Crippen LogP) is 3.43. The molecular weight excluding hydrogens is 281 g/mol. The van der Waals surface area contributed by atoms with Gasteiger partial charge in [-0.25, -0.2) is 0 Å². The van der Waals surface area contributed by atoms with Gasteiger partial charge in [0, 0.05) is 24.8 Å². The SMILES string of the molecule is CCCNC(CC)CCCn1cc(C(F)(F)F)ccc1=O. The number of nitrogens with one attached hydrogen (secondary N) is 1. The van der Waals surface area contributed by atoms with E-state index in [-0.39, 0.29) is 0 Å². The number of aromatic nitrogens is 1. The minimum atomic E-state index is -4.41. The molecule has 0 aromatic carbocycles. The van der Waals surface area contributed by atoms with Crippen molar-refractivity contribution >= 4 is 0 Å². The molecule has 0 bridgehead atoms. The largest absolute Gasteiger partial charge is 0.417 e. The molecule has 120 valence electrons. The summed E-state index contributed by atoms with van der Waals surface area (Å²) >= 11 is 0. The molecule has 1 aromatic heterocycles. The molecule has 1 atom stereocenters. The fourth-order valence-corrected chi connectivity index (χ4v) is 2.18. The summed E-state index contributed by atoms with van der Waals surface area (Å²) in [5.74, 6) is 0. The van der Waals surface area contributed by atoms with Crippen LogP contribution in [-0.2, 0) is 12.7 Å². The van der Waals surface area contributed by atoms with E-state index >= 15 is 0 Å². The molecule has 0 aliphatic heterocycles. The van der Waals surface area contributed by atoms with E-state index in [1.807, 2.05) is 0 Å². The van der Waals surface area contributed by atoms with Crippen LogP contribution in [0.1, 0.15) is 45.1 Å². The first-order chi connectivity index (χ1) is 9.88. The van der Waals surface area contributed by atoms with E-state index in [9.17, 15) is 18.0 Å². The topological polar surface area (TPSA) is 34.0 Å². The van der Waals surface area contributed by atoms with E-state index in [0.29, 0.717) is 19.0 Å². The van der Waals surface area contributed by atoms with Gasteiger partial charge in [-0.05, 0) is 38.3 Å². The van der Waals surface area contributed by atoms with Crippen LogP contribution in [0, 0.1) is 0 Å². The van der Waals surface area contributed by atoms with E-state index in [4.69, 9.17) is 0 Å². The number of rotatable bonds is 8. The summed E-state index contributed by atoms with van der Waals surface area (Å²) in [5, 5.41) is 3.39. The molecule has 0 spiro atoms. The maximum atomic E-state index is 12.6. The van der Waals surface area contributed by atoms with Crippen LogP contribution in [-0.4, -0.2) is 17.2 Å². The van der Waals surface area contributed by atoms with Gasteiger partial charge in [-0.1, -0.05) is 13.8 Å². The number of halogens is 3. The lowest BCUT2D eigenvalue weighted by molar-refractivity contribution is -0.138. The smallest absolute Gasteiger partial charge is 0.315 e. The second-order valence-corrected chi connectivity index (χ2v) is 5.15. The van der Waals surface area contributed by atoms with Crippen LogP contribution in [0.2, 0.25) is 0 Å². The number of alkyl halides is 3. The number of pyridine rings is 1. The zero-order valence-electron chi connectivity index (χ0n) is 12.5. The second kappa shape index (κ2) is 8.22. The highest BCUT2D eigenvalue weighted by atomic mass is 19.4. The van der Waals surface area contributed by atoms with Crippen LogP contribution in [0.3, 0.4) is 0 Å². The van der Waals surface area contributed by atoms with Gasteiger partial charge in [-0.15, -0.1) is 0 Å². The van der Waals surface area contributed by atoms with E-state index in [1.165, 1.54) is 0 Å². The van der Waals surface area contributed by atoms with Crippen LogP contribution in [0.25, 0.3) is 0 Å². The van der Waals surface area contributed by atoms with Crippen LogP contribution >= 0.6 is 0 Å². The molecule has 0 fully saturated rings. The minimum Gasteiger partial charge on any atom is -0.315 e. The summed E-state index contributed by atoms with van der Waals surface area (Å²) in [6.07, 6.45) is 0.0313. The lowest BCUT2D eigenvalue weighted by Gasteiger charge is -2.17. The Hall–Kier alpha value is -1.30. The van der Waals surface area contributed by atoms with Crippen LogP contribution in [0.4, 0.5) is 13.2 Å². The zero-order valence-corrected chi connectivity index (χ0v) is 12.5. The first kappa shape index (κ1) is 17.8.